The van der Waals surface area contributed by atoms with E-state index in [0.717, 1.165) is 21.3 Å². The topological polar surface area (TPSA) is 104 Å². The minimum Gasteiger partial charge on any atom is -0.480 e. The van der Waals surface area contributed by atoms with Gasteiger partial charge in [0.2, 0.25) is 5.91 Å². The SMILES string of the molecule is CC(C)c1ccc(-c2csc3ncnc(NCC(=O)NCC(=O)O)c23)cc1. The molecule has 0 saturated carbocycles. The van der Waals surface area contributed by atoms with Crippen LogP contribution in [0, 0.1) is 0 Å². The number of hydrogen-bond acceptors (Lipinski definition) is 6. The lowest BCUT2D eigenvalue weighted by Gasteiger charge is -2.09. The van der Waals surface area contributed by atoms with Crippen molar-refractivity contribution in [3.63, 3.8) is 0 Å². The Bertz CT molecular complexity index is 967. The summed E-state index contributed by atoms with van der Waals surface area (Å²) in [6.07, 6.45) is 1.45. The first kappa shape index (κ1) is 18.8. The Labute approximate surface area is 160 Å². The van der Waals surface area contributed by atoms with E-state index >= 15 is 0 Å². The maximum Gasteiger partial charge on any atom is 0.322 e. The standard InChI is InChI=1S/C19H20N4O3S/c1-11(2)12-3-5-13(6-4-12)14-9-27-19-17(14)18(22-10-23-19)21-7-15(24)20-8-16(25)26/h3-6,9-11H,7-8H2,1-2H3,(H,20,24)(H,25,26)(H,21,22,23). The molecule has 3 N–H and O–H groups in total. The van der Waals surface area contributed by atoms with Crippen LogP contribution in [0.4, 0.5) is 5.82 Å². The third-order valence-electron chi connectivity index (χ3n) is 4.11. The van der Waals surface area contributed by atoms with Crippen LogP contribution in [0.5, 0.6) is 0 Å². The molecule has 0 aliphatic heterocycles. The molecule has 0 radical (unpaired) electrons. The lowest BCUT2D eigenvalue weighted by atomic mass is 9.99. The van der Waals surface area contributed by atoms with Gasteiger partial charge in [0.25, 0.3) is 0 Å². The van der Waals surface area contributed by atoms with Gasteiger partial charge < -0.3 is 15.7 Å². The van der Waals surface area contributed by atoms with E-state index in [2.05, 4.69) is 58.7 Å². The number of thiophene rings is 1. The number of aliphatic carboxylic acids is 1. The molecule has 3 aromatic rings. The second kappa shape index (κ2) is 8.13. The lowest BCUT2D eigenvalue weighted by molar-refractivity contribution is -0.137. The summed E-state index contributed by atoms with van der Waals surface area (Å²) < 4.78 is 0. The van der Waals surface area contributed by atoms with Crippen LogP contribution < -0.4 is 10.6 Å². The number of aromatic nitrogens is 2. The highest BCUT2D eigenvalue weighted by molar-refractivity contribution is 7.17. The monoisotopic (exact) mass is 384 g/mol. The number of carboxylic acid groups (broad SMARTS) is 1. The van der Waals surface area contributed by atoms with Gasteiger partial charge >= 0.3 is 5.97 Å². The molecule has 1 aromatic carbocycles. The molecule has 0 atom stereocenters. The molecule has 0 spiro atoms. The first-order valence-electron chi connectivity index (χ1n) is 8.50. The molecule has 7 nitrogen and oxygen atoms in total. The van der Waals surface area contributed by atoms with E-state index < -0.39 is 18.4 Å². The molecule has 0 unspecified atom stereocenters. The summed E-state index contributed by atoms with van der Waals surface area (Å²) in [6, 6.07) is 8.37. The molecule has 8 heteroatoms. The number of amides is 1. The van der Waals surface area contributed by atoms with Gasteiger partial charge in [-0.3, -0.25) is 9.59 Å². The zero-order valence-electron chi connectivity index (χ0n) is 15.0. The summed E-state index contributed by atoms with van der Waals surface area (Å²) in [6.45, 7) is 3.83. The molecule has 0 bridgehead atoms. The van der Waals surface area contributed by atoms with Gasteiger partial charge in [0.15, 0.2) is 0 Å². The molecular formula is C19H20N4O3S. The van der Waals surface area contributed by atoms with Crippen molar-refractivity contribution in [2.45, 2.75) is 19.8 Å². The number of carboxylic acids is 1. The average Bonchev–Trinajstić information content (AvgIpc) is 3.09. The predicted molar refractivity (Wildman–Crippen MR) is 106 cm³/mol. The first-order chi connectivity index (χ1) is 13.0. The molecule has 3 rings (SSSR count). The van der Waals surface area contributed by atoms with Gasteiger partial charge in [0.1, 0.15) is 23.5 Å². The highest BCUT2D eigenvalue weighted by Gasteiger charge is 2.14. The van der Waals surface area contributed by atoms with E-state index in [1.807, 2.05) is 5.38 Å². The molecule has 0 fully saturated rings. The number of nitrogens with one attached hydrogen (secondary N) is 2. The van der Waals surface area contributed by atoms with E-state index in [1.165, 1.54) is 23.2 Å². The molecule has 2 heterocycles. The van der Waals surface area contributed by atoms with Crippen LogP contribution in [-0.4, -0.2) is 40.0 Å². The summed E-state index contributed by atoms with van der Waals surface area (Å²) in [5, 5.41) is 16.8. The van der Waals surface area contributed by atoms with Crippen molar-refractivity contribution in [2.24, 2.45) is 0 Å². The molecule has 0 saturated heterocycles. The van der Waals surface area contributed by atoms with Gasteiger partial charge in [0, 0.05) is 10.9 Å². The van der Waals surface area contributed by atoms with E-state index in [4.69, 9.17) is 5.11 Å². The average molecular weight is 384 g/mol. The van der Waals surface area contributed by atoms with Crippen LogP contribution in [0.25, 0.3) is 21.3 Å². The Morgan fingerprint density at radius 1 is 1.15 bits per heavy atom. The third kappa shape index (κ3) is 4.40. The van der Waals surface area contributed by atoms with Crippen molar-refractivity contribution in [3.05, 3.63) is 41.5 Å². The second-order valence-electron chi connectivity index (χ2n) is 6.35. The number of carbonyl (C=O) groups excluding carboxylic acids is 1. The van der Waals surface area contributed by atoms with Gasteiger partial charge in [-0.15, -0.1) is 11.3 Å². The smallest absolute Gasteiger partial charge is 0.322 e. The normalized spacial score (nSPS) is 10.9. The van der Waals surface area contributed by atoms with Crippen molar-refractivity contribution >= 4 is 39.2 Å². The second-order valence-corrected chi connectivity index (χ2v) is 7.21. The summed E-state index contributed by atoms with van der Waals surface area (Å²) in [7, 11) is 0. The number of anilines is 1. The van der Waals surface area contributed by atoms with Crippen molar-refractivity contribution in [1.29, 1.82) is 0 Å². The van der Waals surface area contributed by atoms with Crippen LogP contribution >= 0.6 is 11.3 Å². The van der Waals surface area contributed by atoms with E-state index in [9.17, 15) is 9.59 Å². The lowest BCUT2D eigenvalue weighted by Crippen LogP contribution is -2.34. The van der Waals surface area contributed by atoms with Gasteiger partial charge in [-0.05, 0) is 17.0 Å². The van der Waals surface area contributed by atoms with Gasteiger partial charge in [-0.2, -0.15) is 0 Å². The van der Waals surface area contributed by atoms with Gasteiger partial charge in [-0.1, -0.05) is 38.1 Å². The molecule has 140 valence electrons. The van der Waals surface area contributed by atoms with E-state index in [1.54, 1.807) is 0 Å². The fourth-order valence-electron chi connectivity index (χ4n) is 2.67. The van der Waals surface area contributed by atoms with E-state index in [0.29, 0.717) is 11.7 Å². The number of rotatable bonds is 7. The quantitative estimate of drug-likeness (QED) is 0.578. The number of hydrogen-bond donors (Lipinski definition) is 3. The number of nitrogens with zero attached hydrogens (tertiary/aromatic N) is 2. The van der Waals surface area contributed by atoms with Crippen LogP contribution in [0.1, 0.15) is 25.3 Å². The molecule has 0 aliphatic carbocycles. The van der Waals surface area contributed by atoms with Crippen LogP contribution in [0.2, 0.25) is 0 Å². The van der Waals surface area contributed by atoms with Crippen molar-refractivity contribution < 1.29 is 14.7 Å². The third-order valence-corrected chi connectivity index (χ3v) is 5.00. The highest BCUT2D eigenvalue weighted by Crippen LogP contribution is 2.36. The molecule has 1 amide bonds. The summed E-state index contributed by atoms with van der Waals surface area (Å²) in [5.41, 5.74) is 3.32. The Hall–Kier alpha value is -3.00. The minimum absolute atomic E-state index is 0.0685. The van der Waals surface area contributed by atoms with Crippen molar-refractivity contribution in [1.82, 2.24) is 15.3 Å². The Morgan fingerprint density at radius 3 is 2.56 bits per heavy atom. The Kier molecular flexibility index (Phi) is 5.66. The number of carbonyl (C=O) groups is 2. The zero-order valence-corrected chi connectivity index (χ0v) is 15.8. The minimum atomic E-state index is -1.09. The number of benzene rings is 1. The number of fused-ring (bicyclic) bond motifs is 1. The Balaban J connectivity index is 1.86. The molecule has 0 aliphatic rings. The maximum atomic E-state index is 11.8. The first-order valence-corrected chi connectivity index (χ1v) is 9.38. The van der Waals surface area contributed by atoms with Crippen LogP contribution in [-0.2, 0) is 9.59 Å². The summed E-state index contributed by atoms with van der Waals surface area (Å²) in [4.78, 5) is 31.7. The molecular weight excluding hydrogens is 364 g/mol. The molecule has 2 aromatic heterocycles. The molecule has 27 heavy (non-hydrogen) atoms. The van der Waals surface area contributed by atoms with Gasteiger partial charge in [-0.25, -0.2) is 9.97 Å². The maximum absolute atomic E-state index is 11.8. The van der Waals surface area contributed by atoms with Crippen LogP contribution in [0.3, 0.4) is 0 Å². The van der Waals surface area contributed by atoms with E-state index in [-0.39, 0.29) is 6.54 Å². The fraction of sp³-hybridized carbons (Fsp3) is 0.263. The zero-order chi connectivity index (χ0) is 19.4. The van der Waals surface area contributed by atoms with Gasteiger partial charge in [0.05, 0.1) is 11.9 Å². The highest BCUT2D eigenvalue weighted by atomic mass is 32.1. The van der Waals surface area contributed by atoms with Crippen molar-refractivity contribution in [3.8, 4) is 11.1 Å². The Morgan fingerprint density at radius 2 is 1.89 bits per heavy atom. The predicted octanol–water partition coefficient (Wildman–Crippen LogP) is 3.09. The summed E-state index contributed by atoms with van der Waals surface area (Å²) in [5.74, 6) is -0.488. The summed E-state index contributed by atoms with van der Waals surface area (Å²) >= 11 is 1.51. The van der Waals surface area contributed by atoms with Crippen LogP contribution in [0.15, 0.2) is 36.0 Å². The van der Waals surface area contributed by atoms with Crippen molar-refractivity contribution in [2.75, 3.05) is 18.4 Å². The largest absolute Gasteiger partial charge is 0.480 e. The fourth-order valence-corrected chi connectivity index (χ4v) is 3.59.